The van der Waals surface area contributed by atoms with Crippen molar-refractivity contribution in [3.8, 4) is 0 Å². The highest BCUT2D eigenvalue weighted by atomic mass is 19.1. The zero-order chi connectivity index (χ0) is 13.0. The van der Waals surface area contributed by atoms with Crippen molar-refractivity contribution in [1.82, 2.24) is 10.2 Å². The molecule has 1 N–H and O–H groups in total. The summed E-state index contributed by atoms with van der Waals surface area (Å²) < 4.78 is 26.1. The number of likely N-dealkylation sites (N-methyl/N-ethyl adjacent to an activating group) is 1. The van der Waals surface area contributed by atoms with Crippen LogP contribution in [0.1, 0.15) is 25.3 Å². The van der Waals surface area contributed by atoms with E-state index < -0.39 is 11.6 Å². The molecule has 0 spiro atoms. The van der Waals surface area contributed by atoms with Gasteiger partial charge in [-0.1, -0.05) is 6.92 Å². The van der Waals surface area contributed by atoms with Crippen LogP contribution in [-0.2, 0) is 6.54 Å². The van der Waals surface area contributed by atoms with Crippen molar-refractivity contribution in [3.05, 3.63) is 35.4 Å². The first-order valence-electron chi connectivity index (χ1n) is 6.58. The first kappa shape index (κ1) is 13.4. The van der Waals surface area contributed by atoms with Crippen molar-refractivity contribution >= 4 is 0 Å². The fraction of sp³-hybridized carbons (Fsp3) is 0.571. The van der Waals surface area contributed by atoms with Gasteiger partial charge in [0.2, 0.25) is 0 Å². The van der Waals surface area contributed by atoms with E-state index in [2.05, 4.69) is 17.1 Å². The lowest BCUT2D eigenvalue weighted by Gasteiger charge is -2.32. The number of piperidine rings is 1. The van der Waals surface area contributed by atoms with E-state index in [0.29, 0.717) is 18.2 Å². The fourth-order valence-corrected chi connectivity index (χ4v) is 2.48. The van der Waals surface area contributed by atoms with Crippen molar-refractivity contribution in [2.24, 2.45) is 0 Å². The van der Waals surface area contributed by atoms with Gasteiger partial charge in [-0.25, -0.2) is 8.78 Å². The number of nitrogens with zero attached hydrogens (tertiary/aromatic N) is 1. The van der Waals surface area contributed by atoms with E-state index in [1.54, 1.807) is 0 Å². The highest BCUT2D eigenvalue weighted by molar-refractivity contribution is 5.17. The molecule has 0 amide bonds. The van der Waals surface area contributed by atoms with Gasteiger partial charge in [-0.2, -0.15) is 0 Å². The maximum atomic E-state index is 13.0. The summed E-state index contributed by atoms with van der Waals surface area (Å²) in [6.07, 6.45) is 2.32. The van der Waals surface area contributed by atoms with Crippen molar-refractivity contribution in [1.29, 1.82) is 0 Å². The Morgan fingerprint density at radius 2 is 2.00 bits per heavy atom. The molecule has 1 saturated heterocycles. The molecule has 18 heavy (non-hydrogen) atoms. The van der Waals surface area contributed by atoms with Crippen LogP contribution in [0.3, 0.4) is 0 Å². The predicted molar refractivity (Wildman–Crippen MR) is 68.3 cm³/mol. The maximum Gasteiger partial charge on any atom is 0.126 e. The minimum atomic E-state index is -0.509. The average Bonchev–Trinajstić information content (AvgIpc) is 2.35. The molecule has 1 fully saturated rings. The fourth-order valence-electron chi connectivity index (χ4n) is 2.48. The zero-order valence-corrected chi connectivity index (χ0v) is 10.8. The number of benzene rings is 1. The summed E-state index contributed by atoms with van der Waals surface area (Å²) in [6, 6.07) is 4.10. The van der Waals surface area contributed by atoms with Gasteiger partial charge in [-0.3, -0.25) is 0 Å². The second-order valence-corrected chi connectivity index (χ2v) is 4.89. The van der Waals surface area contributed by atoms with Crippen LogP contribution >= 0.6 is 0 Å². The SMILES string of the molecule is CCN1CCCC(NCc2cc(F)cc(F)c2)C1. The molecule has 0 radical (unpaired) electrons. The molecular weight excluding hydrogens is 234 g/mol. The first-order valence-corrected chi connectivity index (χ1v) is 6.58. The molecule has 0 aliphatic carbocycles. The number of rotatable bonds is 4. The molecule has 1 heterocycles. The van der Waals surface area contributed by atoms with E-state index in [-0.39, 0.29) is 0 Å². The maximum absolute atomic E-state index is 13.0. The average molecular weight is 254 g/mol. The Balaban J connectivity index is 1.87. The number of halogens is 2. The Kier molecular flexibility index (Phi) is 4.66. The minimum Gasteiger partial charge on any atom is -0.309 e. The standard InChI is InChI=1S/C14H20F2N2/c1-2-18-5-3-4-14(10-18)17-9-11-6-12(15)8-13(16)7-11/h6-8,14,17H,2-5,9-10H2,1H3. The summed E-state index contributed by atoms with van der Waals surface area (Å²) in [4.78, 5) is 2.40. The normalized spacial score (nSPS) is 21.2. The van der Waals surface area contributed by atoms with Gasteiger partial charge in [0.05, 0.1) is 0 Å². The highest BCUT2D eigenvalue weighted by Gasteiger charge is 2.17. The highest BCUT2D eigenvalue weighted by Crippen LogP contribution is 2.12. The van der Waals surface area contributed by atoms with Crippen molar-refractivity contribution in [3.63, 3.8) is 0 Å². The van der Waals surface area contributed by atoms with E-state index in [4.69, 9.17) is 0 Å². The van der Waals surface area contributed by atoms with Crippen LogP contribution in [0.15, 0.2) is 18.2 Å². The Morgan fingerprint density at radius 3 is 2.67 bits per heavy atom. The van der Waals surface area contributed by atoms with Crippen molar-refractivity contribution < 1.29 is 8.78 Å². The molecule has 4 heteroatoms. The lowest BCUT2D eigenvalue weighted by Crippen LogP contribution is -2.45. The molecule has 1 aromatic rings. The molecule has 0 saturated carbocycles. The molecule has 1 atom stereocenters. The Labute approximate surface area is 107 Å². The van der Waals surface area contributed by atoms with Crippen LogP contribution in [0, 0.1) is 11.6 Å². The predicted octanol–water partition coefficient (Wildman–Crippen LogP) is 2.54. The number of hydrogen-bond acceptors (Lipinski definition) is 2. The Bertz CT molecular complexity index is 375. The van der Waals surface area contributed by atoms with Gasteiger partial charge in [-0.05, 0) is 43.6 Å². The van der Waals surface area contributed by atoms with Crippen LogP contribution < -0.4 is 5.32 Å². The monoisotopic (exact) mass is 254 g/mol. The van der Waals surface area contributed by atoms with Crippen LogP contribution in [0.4, 0.5) is 8.78 Å². The largest absolute Gasteiger partial charge is 0.309 e. The third kappa shape index (κ3) is 3.75. The second-order valence-electron chi connectivity index (χ2n) is 4.89. The molecule has 1 aromatic carbocycles. The summed E-state index contributed by atoms with van der Waals surface area (Å²) in [5.74, 6) is -1.02. The summed E-state index contributed by atoms with van der Waals surface area (Å²) in [7, 11) is 0. The van der Waals surface area contributed by atoms with Gasteiger partial charge in [0.15, 0.2) is 0 Å². The molecule has 2 nitrogen and oxygen atoms in total. The lowest BCUT2D eigenvalue weighted by molar-refractivity contribution is 0.198. The van der Waals surface area contributed by atoms with Crippen molar-refractivity contribution in [2.75, 3.05) is 19.6 Å². The number of likely N-dealkylation sites (tertiary alicyclic amines) is 1. The van der Waals surface area contributed by atoms with Gasteiger partial charge in [0.25, 0.3) is 0 Å². The second kappa shape index (κ2) is 6.25. The van der Waals surface area contributed by atoms with Crippen LogP contribution in [0.25, 0.3) is 0 Å². The summed E-state index contributed by atoms with van der Waals surface area (Å²) in [6.45, 7) is 5.92. The van der Waals surface area contributed by atoms with Crippen molar-refractivity contribution in [2.45, 2.75) is 32.4 Å². The molecule has 100 valence electrons. The number of hydrogen-bond donors (Lipinski definition) is 1. The van der Waals surface area contributed by atoms with E-state index in [9.17, 15) is 8.78 Å². The molecule has 2 rings (SSSR count). The van der Waals surface area contributed by atoms with Gasteiger partial charge < -0.3 is 10.2 Å². The molecule has 1 aliphatic heterocycles. The lowest BCUT2D eigenvalue weighted by atomic mass is 10.1. The van der Waals surface area contributed by atoms with E-state index in [0.717, 1.165) is 32.1 Å². The van der Waals surface area contributed by atoms with E-state index in [1.165, 1.54) is 18.6 Å². The first-order chi connectivity index (χ1) is 8.67. The Hall–Kier alpha value is -1.00. The quantitative estimate of drug-likeness (QED) is 0.888. The van der Waals surface area contributed by atoms with E-state index >= 15 is 0 Å². The third-order valence-corrected chi connectivity index (χ3v) is 3.47. The zero-order valence-electron chi connectivity index (χ0n) is 10.8. The number of nitrogens with one attached hydrogen (secondary N) is 1. The molecule has 1 unspecified atom stereocenters. The van der Waals surface area contributed by atoms with Crippen LogP contribution in [0.2, 0.25) is 0 Å². The summed E-state index contributed by atoms with van der Waals surface area (Å²) >= 11 is 0. The third-order valence-electron chi connectivity index (χ3n) is 3.47. The van der Waals surface area contributed by atoms with Gasteiger partial charge in [-0.15, -0.1) is 0 Å². The Morgan fingerprint density at radius 1 is 1.28 bits per heavy atom. The van der Waals surface area contributed by atoms with Gasteiger partial charge in [0.1, 0.15) is 11.6 Å². The summed E-state index contributed by atoms with van der Waals surface area (Å²) in [5, 5.41) is 3.38. The molecular formula is C14H20F2N2. The van der Waals surface area contributed by atoms with Crippen LogP contribution in [0.5, 0.6) is 0 Å². The smallest absolute Gasteiger partial charge is 0.126 e. The van der Waals surface area contributed by atoms with Crippen LogP contribution in [-0.4, -0.2) is 30.6 Å². The molecule has 0 aromatic heterocycles. The van der Waals surface area contributed by atoms with E-state index in [1.807, 2.05) is 0 Å². The minimum absolute atomic E-state index is 0.421. The van der Waals surface area contributed by atoms with Gasteiger partial charge >= 0.3 is 0 Å². The van der Waals surface area contributed by atoms with Gasteiger partial charge in [0, 0.05) is 25.2 Å². The molecule has 1 aliphatic rings. The summed E-state index contributed by atoms with van der Waals surface area (Å²) in [5.41, 5.74) is 0.668. The molecule has 0 bridgehead atoms. The topological polar surface area (TPSA) is 15.3 Å².